The molecule has 4 nitrogen and oxygen atoms in total. The smallest absolute Gasteiger partial charge is 0.274 e. The van der Waals surface area contributed by atoms with Crippen LogP contribution in [0.2, 0.25) is 0 Å². The number of H-pyrrole nitrogens is 1. The molecule has 0 bridgehead atoms. The van der Waals surface area contributed by atoms with E-state index < -0.39 is 0 Å². The highest BCUT2D eigenvalue weighted by molar-refractivity contribution is 5.32. The molecule has 3 N–H and O–H groups in total. The Kier molecular flexibility index (Phi) is 2.72. The van der Waals surface area contributed by atoms with Crippen LogP contribution in [0.1, 0.15) is 24.2 Å². The Morgan fingerprint density at radius 3 is 2.62 bits per heavy atom. The minimum Gasteiger partial charge on any atom is -0.393 e. The molecular weight excluding hydrogens is 202 g/mol. The lowest BCUT2D eigenvalue weighted by molar-refractivity contribution is 0.807. The first-order valence-corrected chi connectivity index (χ1v) is 5.08. The molecule has 2 aromatic rings. The number of aromatic amines is 1. The van der Waals surface area contributed by atoms with Crippen molar-refractivity contribution < 1.29 is 0 Å². The van der Waals surface area contributed by atoms with Gasteiger partial charge in [-0.3, -0.25) is 4.79 Å². The van der Waals surface area contributed by atoms with Crippen molar-refractivity contribution in [1.29, 1.82) is 0 Å². The van der Waals surface area contributed by atoms with Gasteiger partial charge in [0.15, 0.2) is 0 Å². The highest BCUT2D eigenvalue weighted by Gasteiger charge is 2.10. The van der Waals surface area contributed by atoms with Crippen molar-refractivity contribution in [2.45, 2.75) is 12.8 Å². The molecule has 0 aliphatic rings. The Morgan fingerprint density at radius 2 is 2.00 bits per heavy atom. The largest absolute Gasteiger partial charge is 0.393 e. The van der Waals surface area contributed by atoms with Crippen LogP contribution in [0.4, 0.5) is 5.69 Å². The monoisotopic (exact) mass is 215 g/mol. The van der Waals surface area contributed by atoms with Gasteiger partial charge in [0.1, 0.15) is 11.5 Å². The van der Waals surface area contributed by atoms with Crippen molar-refractivity contribution in [2.24, 2.45) is 0 Å². The Labute approximate surface area is 93.2 Å². The SMILES string of the molecule is CC(c1ccccc1)c1ncc(N)c(=O)[nH]1. The number of rotatable bonds is 2. The van der Waals surface area contributed by atoms with Crippen LogP contribution in [0, 0.1) is 0 Å². The number of aromatic nitrogens is 2. The Morgan fingerprint density at radius 1 is 1.31 bits per heavy atom. The van der Waals surface area contributed by atoms with Crippen LogP contribution in [0.25, 0.3) is 0 Å². The Hall–Kier alpha value is -2.10. The number of nitrogens with one attached hydrogen (secondary N) is 1. The van der Waals surface area contributed by atoms with Gasteiger partial charge in [0.25, 0.3) is 5.56 Å². The molecule has 4 heteroatoms. The maximum absolute atomic E-state index is 11.4. The zero-order valence-electron chi connectivity index (χ0n) is 8.97. The summed E-state index contributed by atoms with van der Waals surface area (Å²) in [4.78, 5) is 18.2. The highest BCUT2D eigenvalue weighted by atomic mass is 16.1. The lowest BCUT2D eigenvalue weighted by Crippen LogP contribution is -2.16. The Bertz CT molecular complexity index is 533. The van der Waals surface area contributed by atoms with E-state index in [0.29, 0.717) is 5.82 Å². The summed E-state index contributed by atoms with van der Waals surface area (Å²) in [6, 6.07) is 9.87. The number of nitrogen functional groups attached to an aromatic ring is 1. The summed E-state index contributed by atoms with van der Waals surface area (Å²) in [5.41, 5.74) is 6.39. The van der Waals surface area contributed by atoms with Gasteiger partial charge in [-0.15, -0.1) is 0 Å². The van der Waals surface area contributed by atoms with Crippen molar-refractivity contribution in [2.75, 3.05) is 5.73 Å². The van der Waals surface area contributed by atoms with E-state index in [1.54, 1.807) is 0 Å². The van der Waals surface area contributed by atoms with E-state index in [1.807, 2.05) is 37.3 Å². The number of nitrogens with two attached hydrogens (primary N) is 1. The molecule has 0 aliphatic carbocycles. The molecule has 1 heterocycles. The highest BCUT2D eigenvalue weighted by Crippen LogP contribution is 2.19. The summed E-state index contributed by atoms with van der Waals surface area (Å²) >= 11 is 0. The fraction of sp³-hybridized carbons (Fsp3) is 0.167. The first-order chi connectivity index (χ1) is 7.68. The number of hydrogen-bond acceptors (Lipinski definition) is 3. The summed E-state index contributed by atoms with van der Waals surface area (Å²) < 4.78 is 0. The topological polar surface area (TPSA) is 71.8 Å². The predicted molar refractivity (Wildman–Crippen MR) is 63.2 cm³/mol. The third-order valence-electron chi connectivity index (χ3n) is 2.56. The molecule has 0 saturated carbocycles. The number of hydrogen-bond donors (Lipinski definition) is 2. The molecular formula is C12H13N3O. The quantitative estimate of drug-likeness (QED) is 0.797. The average Bonchev–Trinajstić information content (AvgIpc) is 2.33. The standard InChI is InChI=1S/C12H13N3O/c1-8(9-5-3-2-4-6-9)11-14-7-10(13)12(16)15-11/h2-8H,13H2,1H3,(H,14,15,16). The average molecular weight is 215 g/mol. The second kappa shape index (κ2) is 4.18. The van der Waals surface area contributed by atoms with Crippen LogP contribution in [-0.4, -0.2) is 9.97 Å². The molecule has 0 spiro atoms. The van der Waals surface area contributed by atoms with E-state index in [2.05, 4.69) is 9.97 Å². The van der Waals surface area contributed by atoms with Crippen molar-refractivity contribution in [3.8, 4) is 0 Å². The van der Waals surface area contributed by atoms with Crippen molar-refractivity contribution in [1.82, 2.24) is 9.97 Å². The summed E-state index contributed by atoms with van der Waals surface area (Å²) in [6.07, 6.45) is 1.40. The van der Waals surface area contributed by atoms with Crippen LogP contribution in [0.15, 0.2) is 41.3 Å². The lowest BCUT2D eigenvalue weighted by atomic mass is 10.0. The predicted octanol–water partition coefficient (Wildman–Crippen LogP) is 1.50. The van der Waals surface area contributed by atoms with Gasteiger partial charge in [0, 0.05) is 5.92 Å². The van der Waals surface area contributed by atoms with E-state index in [9.17, 15) is 4.79 Å². The van der Waals surface area contributed by atoms with E-state index in [0.717, 1.165) is 5.56 Å². The first kappa shape index (κ1) is 10.4. The summed E-state index contributed by atoms with van der Waals surface area (Å²) in [7, 11) is 0. The molecule has 0 saturated heterocycles. The second-order valence-electron chi connectivity index (χ2n) is 3.69. The summed E-state index contributed by atoms with van der Waals surface area (Å²) in [5.74, 6) is 0.680. The Balaban J connectivity index is 2.38. The molecule has 82 valence electrons. The molecule has 16 heavy (non-hydrogen) atoms. The van der Waals surface area contributed by atoms with Gasteiger partial charge in [-0.2, -0.15) is 0 Å². The molecule has 0 radical (unpaired) electrons. The molecule has 0 fully saturated rings. The summed E-state index contributed by atoms with van der Waals surface area (Å²) in [6.45, 7) is 1.99. The third kappa shape index (κ3) is 1.95. The zero-order valence-corrected chi connectivity index (χ0v) is 8.97. The number of anilines is 1. The van der Waals surface area contributed by atoms with Gasteiger partial charge in [-0.05, 0) is 5.56 Å². The first-order valence-electron chi connectivity index (χ1n) is 5.08. The van der Waals surface area contributed by atoms with Crippen LogP contribution < -0.4 is 11.3 Å². The van der Waals surface area contributed by atoms with Crippen LogP contribution >= 0.6 is 0 Å². The molecule has 0 aliphatic heterocycles. The maximum atomic E-state index is 11.4. The number of benzene rings is 1. The molecule has 0 amide bonds. The van der Waals surface area contributed by atoms with Crippen molar-refractivity contribution >= 4 is 5.69 Å². The lowest BCUT2D eigenvalue weighted by Gasteiger charge is -2.10. The second-order valence-corrected chi connectivity index (χ2v) is 3.69. The van der Waals surface area contributed by atoms with E-state index in [-0.39, 0.29) is 17.2 Å². The maximum Gasteiger partial charge on any atom is 0.274 e. The van der Waals surface area contributed by atoms with Gasteiger partial charge in [-0.25, -0.2) is 4.98 Å². The summed E-state index contributed by atoms with van der Waals surface area (Å²) in [5, 5.41) is 0. The fourth-order valence-corrected chi connectivity index (χ4v) is 1.54. The minimum atomic E-state index is -0.284. The molecule has 1 unspecified atom stereocenters. The molecule has 1 aromatic heterocycles. The van der Waals surface area contributed by atoms with Gasteiger partial charge in [0.2, 0.25) is 0 Å². The van der Waals surface area contributed by atoms with E-state index >= 15 is 0 Å². The van der Waals surface area contributed by atoms with E-state index in [4.69, 9.17) is 5.73 Å². The van der Waals surface area contributed by atoms with Gasteiger partial charge >= 0.3 is 0 Å². The van der Waals surface area contributed by atoms with Crippen molar-refractivity contribution in [3.63, 3.8) is 0 Å². The molecule has 1 aromatic carbocycles. The van der Waals surface area contributed by atoms with Crippen LogP contribution in [0.3, 0.4) is 0 Å². The fourth-order valence-electron chi connectivity index (χ4n) is 1.54. The molecule has 1 atom stereocenters. The van der Waals surface area contributed by atoms with Crippen LogP contribution in [-0.2, 0) is 0 Å². The molecule has 2 rings (SSSR count). The van der Waals surface area contributed by atoms with Crippen LogP contribution in [0.5, 0.6) is 0 Å². The zero-order chi connectivity index (χ0) is 11.5. The van der Waals surface area contributed by atoms with Gasteiger partial charge < -0.3 is 10.7 Å². The van der Waals surface area contributed by atoms with Gasteiger partial charge in [-0.1, -0.05) is 37.3 Å². The van der Waals surface area contributed by atoms with Crippen molar-refractivity contribution in [3.05, 3.63) is 58.3 Å². The third-order valence-corrected chi connectivity index (χ3v) is 2.56. The number of nitrogens with zero attached hydrogens (tertiary/aromatic N) is 1. The minimum absolute atomic E-state index is 0.0505. The van der Waals surface area contributed by atoms with Gasteiger partial charge in [0.05, 0.1) is 6.20 Å². The normalized spacial score (nSPS) is 12.3. The van der Waals surface area contributed by atoms with E-state index in [1.165, 1.54) is 6.20 Å².